The number of amides is 2. The first kappa shape index (κ1) is 22.5. The van der Waals surface area contributed by atoms with Crippen molar-refractivity contribution < 1.29 is 19.1 Å². The molecule has 6 nitrogen and oxygen atoms in total. The average Bonchev–Trinajstić information content (AvgIpc) is 3.42. The summed E-state index contributed by atoms with van der Waals surface area (Å²) in [5, 5.41) is 2.87. The molecule has 0 aliphatic carbocycles. The lowest BCUT2D eigenvalue weighted by Crippen LogP contribution is -2.27. The molecule has 1 atom stereocenters. The molecule has 0 radical (unpaired) electrons. The molecule has 0 bridgehead atoms. The molecule has 1 fully saturated rings. The molecule has 32 heavy (non-hydrogen) atoms. The Morgan fingerprint density at radius 3 is 2.59 bits per heavy atom. The van der Waals surface area contributed by atoms with Gasteiger partial charge in [-0.15, -0.1) is 11.8 Å². The van der Waals surface area contributed by atoms with Crippen LogP contribution in [0.3, 0.4) is 0 Å². The van der Waals surface area contributed by atoms with Crippen molar-refractivity contribution in [2.24, 2.45) is 0 Å². The third-order valence-corrected chi connectivity index (χ3v) is 6.95. The first-order chi connectivity index (χ1) is 15.7. The largest absolute Gasteiger partial charge is 0.454 e. The van der Waals surface area contributed by atoms with Gasteiger partial charge in [0.25, 0.3) is 0 Å². The molecular weight excluding hydrogens is 424 g/mol. The summed E-state index contributed by atoms with van der Waals surface area (Å²) in [6, 6.07) is 13.4. The average molecular weight is 455 g/mol. The lowest BCUT2D eigenvalue weighted by atomic mass is 10.1. The number of thioether (sulfide) groups is 1. The van der Waals surface area contributed by atoms with E-state index in [1.807, 2.05) is 42.5 Å². The Kier molecular flexibility index (Phi) is 7.58. The number of carbonyl (C=O) groups excluding carboxylic acids is 2. The number of ether oxygens (including phenoxy) is 2. The number of anilines is 2. The van der Waals surface area contributed by atoms with Crippen molar-refractivity contribution in [2.45, 2.75) is 57.2 Å². The van der Waals surface area contributed by atoms with Gasteiger partial charge in [-0.1, -0.05) is 51.2 Å². The van der Waals surface area contributed by atoms with Crippen LogP contribution in [0.4, 0.5) is 11.4 Å². The zero-order valence-corrected chi connectivity index (χ0v) is 19.3. The highest BCUT2D eigenvalue weighted by atomic mass is 32.2. The lowest BCUT2D eigenvalue weighted by Gasteiger charge is -2.24. The van der Waals surface area contributed by atoms with Gasteiger partial charge >= 0.3 is 0 Å². The van der Waals surface area contributed by atoms with Crippen LogP contribution in [0.25, 0.3) is 0 Å². The molecule has 2 aliphatic heterocycles. The standard InChI is InChI=1S/C25H30N2O4S/c1-2-3-4-5-6-7-8-23(28)26-19-11-9-18(10-12-19)25-27(24(29)16-32-25)20-13-14-21-22(15-20)31-17-30-21/h9-15,25H,2-8,16-17H2,1H3,(H,26,28)/t25-/m1/s1. The maximum atomic E-state index is 12.6. The van der Waals surface area contributed by atoms with Gasteiger partial charge < -0.3 is 14.8 Å². The van der Waals surface area contributed by atoms with Crippen LogP contribution in [0, 0.1) is 0 Å². The predicted octanol–water partition coefficient (Wildman–Crippen LogP) is 5.88. The van der Waals surface area contributed by atoms with Gasteiger partial charge in [0.05, 0.1) is 5.75 Å². The van der Waals surface area contributed by atoms with E-state index >= 15 is 0 Å². The summed E-state index contributed by atoms with van der Waals surface area (Å²) in [4.78, 5) is 26.7. The number of hydrogen-bond donors (Lipinski definition) is 1. The normalized spacial score (nSPS) is 17.1. The van der Waals surface area contributed by atoms with E-state index in [0.717, 1.165) is 29.8 Å². The van der Waals surface area contributed by atoms with E-state index in [9.17, 15) is 9.59 Å². The van der Waals surface area contributed by atoms with Crippen LogP contribution in [-0.4, -0.2) is 24.4 Å². The number of unbranched alkanes of at least 4 members (excludes halogenated alkanes) is 5. The molecule has 0 spiro atoms. The molecule has 0 aromatic heterocycles. The Bertz CT molecular complexity index is 947. The smallest absolute Gasteiger partial charge is 0.238 e. The van der Waals surface area contributed by atoms with E-state index in [1.54, 1.807) is 16.7 Å². The minimum absolute atomic E-state index is 0.0562. The Balaban J connectivity index is 1.34. The summed E-state index contributed by atoms with van der Waals surface area (Å²) in [5.74, 6) is 1.91. The first-order valence-corrected chi connectivity index (χ1v) is 12.4. The second-order valence-electron chi connectivity index (χ2n) is 8.15. The monoisotopic (exact) mass is 454 g/mol. The molecule has 7 heteroatoms. The van der Waals surface area contributed by atoms with Crippen LogP contribution >= 0.6 is 11.8 Å². The summed E-state index contributed by atoms with van der Waals surface area (Å²) in [6.07, 6.45) is 7.55. The molecule has 1 N–H and O–H groups in total. The quantitative estimate of drug-likeness (QED) is 0.454. The molecule has 2 aromatic rings. The fourth-order valence-electron chi connectivity index (χ4n) is 4.01. The SMILES string of the molecule is CCCCCCCCC(=O)Nc1ccc([C@H]2SCC(=O)N2c2ccc3c(c2)OCO3)cc1. The van der Waals surface area contributed by atoms with Gasteiger partial charge in [0, 0.05) is 23.9 Å². The molecule has 0 unspecified atom stereocenters. The number of hydrogen-bond acceptors (Lipinski definition) is 5. The van der Waals surface area contributed by atoms with Gasteiger partial charge in [-0.25, -0.2) is 0 Å². The van der Waals surface area contributed by atoms with E-state index in [-0.39, 0.29) is 24.0 Å². The number of rotatable bonds is 10. The zero-order chi connectivity index (χ0) is 22.3. The number of carbonyl (C=O) groups is 2. The highest BCUT2D eigenvalue weighted by molar-refractivity contribution is 8.00. The Morgan fingerprint density at radius 1 is 1.03 bits per heavy atom. The number of nitrogens with one attached hydrogen (secondary N) is 1. The van der Waals surface area contributed by atoms with Crippen LogP contribution in [0.1, 0.15) is 62.8 Å². The fourth-order valence-corrected chi connectivity index (χ4v) is 5.18. The summed E-state index contributed by atoms with van der Waals surface area (Å²) in [7, 11) is 0. The van der Waals surface area contributed by atoms with E-state index < -0.39 is 0 Å². The van der Waals surface area contributed by atoms with Crippen molar-refractivity contribution >= 4 is 35.0 Å². The minimum Gasteiger partial charge on any atom is -0.454 e. The van der Waals surface area contributed by atoms with E-state index in [0.29, 0.717) is 23.7 Å². The second-order valence-corrected chi connectivity index (χ2v) is 9.22. The summed E-state index contributed by atoms with van der Waals surface area (Å²) in [6.45, 7) is 2.41. The lowest BCUT2D eigenvalue weighted by molar-refractivity contribution is -0.116. The maximum Gasteiger partial charge on any atom is 0.238 e. The van der Waals surface area contributed by atoms with Crippen molar-refractivity contribution in [3.8, 4) is 11.5 Å². The van der Waals surface area contributed by atoms with E-state index in [1.165, 1.54) is 25.7 Å². The van der Waals surface area contributed by atoms with Crippen LogP contribution in [0.5, 0.6) is 11.5 Å². The fraction of sp³-hybridized carbons (Fsp3) is 0.440. The Morgan fingerprint density at radius 2 is 1.78 bits per heavy atom. The third kappa shape index (κ3) is 5.38. The van der Waals surface area contributed by atoms with Crippen molar-refractivity contribution in [3.63, 3.8) is 0 Å². The molecule has 0 saturated carbocycles. The molecule has 170 valence electrons. The van der Waals surface area contributed by atoms with Gasteiger partial charge in [-0.05, 0) is 36.2 Å². The Hall–Kier alpha value is -2.67. The van der Waals surface area contributed by atoms with E-state index in [2.05, 4.69) is 12.2 Å². The van der Waals surface area contributed by atoms with Crippen LogP contribution in [-0.2, 0) is 9.59 Å². The summed E-state index contributed by atoms with van der Waals surface area (Å²) >= 11 is 1.60. The van der Waals surface area contributed by atoms with Gasteiger partial charge in [0.15, 0.2) is 11.5 Å². The van der Waals surface area contributed by atoms with Gasteiger partial charge in [0.1, 0.15) is 5.37 Å². The topological polar surface area (TPSA) is 67.9 Å². The van der Waals surface area contributed by atoms with Crippen LogP contribution in [0.2, 0.25) is 0 Å². The van der Waals surface area contributed by atoms with Crippen LogP contribution < -0.4 is 19.7 Å². The van der Waals surface area contributed by atoms with Gasteiger partial charge in [0.2, 0.25) is 18.6 Å². The molecule has 2 amide bonds. The molecule has 2 aromatic carbocycles. The number of nitrogens with zero attached hydrogens (tertiary/aromatic N) is 1. The summed E-state index contributed by atoms with van der Waals surface area (Å²) in [5.41, 5.74) is 2.60. The zero-order valence-electron chi connectivity index (χ0n) is 18.5. The van der Waals surface area contributed by atoms with Gasteiger partial charge in [-0.3, -0.25) is 14.5 Å². The van der Waals surface area contributed by atoms with E-state index in [4.69, 9.17) is 9.47 Å². The predicted molar refractivity (Wildman–Crippen MR) is 128 cm³/mol. The van der Waals surface area contributed by atoms with Crippen molar-refractivity contribution in [3.05, 3.63) is 48.0 Å². The highest BCUT2D eigenvalue weighted by Gasteiger charge is 2.34. The van der Waals surface area contributed by atoms with Gasteiger partial charge in [-0.2, -0.15) is 0 Å². The second kappa shape index (κ2) is 10.8. The molecular formula is C25H30N2O4S. The third-order valence-electron chi connectivity index (χ3n) is 5.74. The number of benzene rings is 2. The molecule has 1 saturated heterocycles. The molecule has 2 aliphatic rings. The molecule has 2 heterocycles. The summed E-state index contributed by atoms with van der Waals surface area (Å²) < 4.78 is 10.9. The first-order valence-electron chi connectivity index (χ1n) is 11.4. The van der Waals surface area contributed by atoms with Crippen molar-refractivity contribution in [1.29, 1.82) is 0 Å². The van der Waals surface area contributed by atoms with Crippen LogP contribution in [0.15, 0.2) is 42.5 Å². The number of fused-ring (bicyclic) bond motifs is 1. The maximum absolute atomic E-state index is 12.6. The Labute approximate surface area is 193 Å². The molecule has 4 rings (SSSR count). The minimum atomic E-state index is -0.115. The highest BCUT2D eigenvalue weighted by Crippen LogP contribution is 2.44. The van der Waals surface area contributed by atoms with Crippen molar-refractivity contribution in [1.82, 2.24) is 0 Å². The van der Waals surface area contributed by atoms with Crippen molar-refractivity contribution in [2.75, 3.05) is 22.8 Å².